The summed E-state index contributed by atoms with van der Waals surface area (Å²) in [5.41, 5.74) is 5.07. The molecular weight excluding hydrogens is 448 g/mol. The average Bonchev–Trinajstić information content (AvgIpc) is 2.91. The molecule has 0 radical (unpaired) electrons. The molecule has 2 saturated heterocycles. The SMILES string of the molecule is Cc1c(C(=O)NC2CCN(c3ccc(CN4CCN(C)CC4)cn3)CC2)cccc1-c1cccnc1. The Hall–Kier alpha value is -3.29. The Balaban J connectivity index is 1.14. The minimum absolute atomic E-state index is 0.00285. The van der Waals surface area contributed by atoms with Crippen LogP contribution in [-0.2, 0) is 6.54 Å². The third-order valence-electron chi connectivity index (χ3n) is 7.52. The molecule has 2 aliphatic rings. The lowest BCUT2D eigenvalue weighted by atomic mass is 9.96. The Labute approximate surface area is 214 Å². The molecular formula is C29H36N6O. The van der Waals surface area contributed by atoms with Gasteiger partial charge in [0.2, 0.25) is 0 Å². The van der Waals surface area contributed by atoms with E-state index in [4.69, 9.17) is 4.98 Å². The van der Waals surface area contributed by atoms with E-state index in [0.717, 1.165) is 86.7 Å². The first kappa shape index (κ1) is 24.4. The zero-order valence-electron chi connectivity index (χ0n) is 21.4. The fourth-order valence-electron chi connectivity index (χ4n) is 5.19. The van der Waals surface area contributed by atoms with E-state index in [1.54, 1.807) is 6.20 Å². The summed E-state index contributed by atoms with van der Waals surface area (Å²) in [6, 6.07) is 14.4. The minimum Gasteiger partial charge on any atom is -0.356 e. The molecule has 7 heteroatoms. The lowest BCUT2D eigenvalue weighted by Crippen LogP contribution is -2.45. The van der Waals surface area contributed by atoms with Gasteiger partial charge in [0.25, 0.3) is 5.91 Å². The standard InChI is InChI=1S/C29H36N6O/c1-22-26(24-5-4-12-30-20-24)6-3-7-27(22)29(36)32-25-10-13-35(14-11-25)28-9-8-23(19-31-28)21-34-17-15-33(2)16-18-34/h3-9,12,19-20,25H,10-11,13-18,21H2,1-2H3,(H,32,36). The van der Waals surface area contributed by atoms with E-state index in [-0.39, 0.29) is 11.9 Å². The molecule has 1 aromatic carbocycles. The van der Waals surface area contributed by atoms with Gasteiger partial charge in [-0.05, 0) is 61.7 Å². The maximum atomic E-state index is 13.1. The number of hydrogen-bond acceptors (Lipinski definition) is 6. The zero-order valence-corrected chi connectivity index (χ0v) is 21.4. The van der Waals surface area contributed by atoms with Crippen molar-refractivity contribution in [2.75, 3.05) is 51.2 Å². The van der Waals surface area contributed by atoms with Crippen molar-refractivity contribution in [2.45, 2.75) is 32.4 Å². The number of anilines is 1. The van der Waals surface area contributed by atoms with Crippen molar-refractivity contribution in [2.24, 2.45) is 0 Å². The quantitative estimate of drug-likeness (QED) is 0.577. The van der Waals surface area contributed by atoms with Crippen LogP contribution in [0.3, 0.4) is 0 Å². The molecule has 0 atom stereocenters. The van der Waals surface area contributed by atoms with Crippen LogP contribution in [0.5, 0.6) is 0 Å². The first-order valence-electron chi connectivity index (χ1n) is 13.0. The molecule has 2 aromatic heterocycles. The number of carbonyl (C=O) groups excluding carboxylic acids is 1. The molecule has 0 saturated carbocycles. The van der Waals surface area contributed by atoms with Gasteiger partial charge >= 0.3 is 0 Å². The third-order valence-corrected chi connectivity index (χ3v) is 7.52. The summed E-state index contributed by atoms with van der Waals surface area (Å²) in [5.74, 6) is 1.03. The molecule has 0 bridgehead atoms. The van der Waals surface area contributed by atoms with E-state index in [0.29, 0.717) is 0 Å². The molecule has 4 heterocycles. The number of amides is 1. The molecule has 2 aliphatic heterocycles. The van der Waals surface area contributed by atoms with Gasteiger partial charge in [0, 0.05) is 81.6 Å². The smallest absolute Gasteiger partial charge is 0.251 e. The summed E-state index contributed by atoms with van der Waals surface area (Å²) in [7, 11) is 2.19. The van der Waals surface area contributed by atoms with E-state index >= 15 is 0 Å². The Morgan fingerprint density at radius 2 is 1.78 bits per heavy atom. The van der Waals surface area contributed by atoms with Gasteiger partial charge in [-0.2, -0.15) is 0 Å². The average molecular weight is 485 g/mol. The first-order valence-corrected chi connectivity index (χ1v) is 13.0. The highest BCUT2D eigenvalue weighted by molar-refractivity contribution is 5.97. The molecule has 188 valence electrons. The molecule has 0 spiro atoms. The van der Waals surface area contributed by atoms with Crippen LogP contribution in [0.2, 0.25) is 0 Å². The topological polar surface area (TPSA) is 64.6 Å². The van der Waals surface area contributed by atoms with Crippen LogP contribution in [-0.4, -0.2) is 78.0 Å². The van der Waals surface area contributed by atoms with Crippen molar-refractivity contribution in [3.8, 4) is 11.1 Å². The normalized spacial score (nSPS) is 17.8. The van der Waals surface area contributed by atoms with Gasteiger partial charge in [-0.25, -0.2) is 4.98 Å². The van der Waals surface area contributed by atoms with Gasteiger partial charge in [-0.3, -0.25) is 14.7 Å². The summed E-state index contributed by atoms with van der Waals surface area (Å²) >= 11 is 0. The van der Waals surface area contributed by atoms with Gasteiger partial charge in [-0.1, -0.05) is 24.3 Å². The molecule has 0 aliphatic carbocycles. The van der Waals surface area contributed by atoms with Gasteiger partial charge < -0.3 is 15.1 Å². The summed E-state index contributed by atoms with van der Waals surface area (Å²) < 4.78 is 0. The second-order valence-electron chi connectivity index (χ2n) is 10.1. The molecule has 5 rings (SSSR count). The monoisotopic (exact) mass is 484 g/mol. The van der Waals surface area contributed by atoms with Crippen molar-refractivity contribution in [1.82, 2.24) is 25.1 Å². The number of rotatable bonds is 6. The van der Waals surface area contributed by atoms with Gasteiger partial charge in [0.05, 0.1) is 0 Å². The maximum absolute atomic E-state index is 13.1. The van der Waals surface area contributed by atoms with E-state index in [9.17, 15) is 4.79 Å². The Morgan fingerprint density at radius 3 is 2.47 bits per heavy atom. The number of hydrogen-bond donors (Lipinski definition) is 1. The highest BCUT2D eigenvalue weighted by atomic mass is 16.1. The molecule has 1 amide bonds. The highest BCUT2D eigenvalue weighted by Crippen LogP contribution is 2.25. The number of nitrogens with one attached hydrogen (secondary N) is 1. The predicted molar refractivity (Wildman–Crippen MR) is 144 cm³/mol. The Bertz CT molecular complexity index is 1150. The van der Waals surface area contributed by atoms with Crippen molar-refractivity contribution < 1.29 is 4.79 Å². The minimum atomic E-state index is 0.00285. The van der Waals surface area contributed by atoms with Gasteiger partial charge in [0.15, 0.2) is 0 Å². The molecule has 0 unspecified atom stereocenters. The zero-order chi connectivity index (χ0) is 24.9. The number of benzene rings is 1. The van der Waals surface area contributed by atoms with Crippen molar-refractivity contribution in [1.29, 1.82) is 0 Å². The number of aromatic nitrogens is 2. The van der Waals surface area contributed by atoms with Crippen LogP contribution in [0.25, 0.3) is 11.1 Å². The van der Waals surface area contributed by atoms with E-state index in [1.165, 1.54) is 5.56 Å². The van der Waals surface area contributed by atoms with Crippen molar-refractivity contribution in [3.63, 3.8) is 0 Å². The van der Waals surface area contributed by atoms with Crippen LogP contribution in [0, 0.1) is 6.92 Å². The molecule has 2 fully saturated rings. The maximum Gasteiger partial charge on any atom is 0.251 e. The number of nitrogens with zero attached hydrogens (tertiary/aromatic N) is 5. The summed E-state index contributed by atoms with van der Waals surface area (Å²) in [5, 5.41) is 3.27. The fraction of sp³-hybridized carbons (Fsp3) is 0.414. The van der Waals surface area contributed by atoms with E-state index in [2.05, 4.69) is 44.2 Å². The number of piperidine rings is 1. The lowest BCUT2D eigenvalue weighted by molar-refractivity contribution is 0.0930. The predicted octanol–water partition coefficient (Wildman–Crippen LogP) is 3.60. The highest BCUT2D eigenvalue weighted by Gasteiger charge is 2.23. The molecule has 36 heavy (non-hydrogen) atoms. The van der Waals surface area contributed by atoms with Crippen LogP contribution < -0.4 is 10.2 Å². The molecule has 1 N–H and O–H groups in total. The van der Waals surface area contributed by atoms with Gasteiger partial charge in [-0.15, -0.1) is 0 Å². The number of piperazine rings is 1. The molecule has 3 aromatic rings. The van der Waals surface area contributed by atoms with E-state index < -0.39 is 0 Å². The van der Waals surface area contributed by atoms with Gasteiger partial charge in [0.1, 0.15) is 5.82 Å². The van der Waals surface area contributed by atoms with Crippen molar-refractivity contribution in [3.05, 3.63) is 77.7 Å². The second kappa shape index (κ2) is 11.2. The van der Waals surface area contributed by atoms with E-state index in [1.807, 2.05) is 49.6 Å². The number of carbonyl (C=O) groups is 1. The largest absolute Gasteiger partial charge is 0.356 e. The van der Waals surface area contributed by atoms with Crippen LogP contribution in [0.15, 0.2) is 61.1 Å². The summed E-state index contributed by atoms with van der Waals surface area (Å²) in [6.45, 7) is 9.26. The summed E-state index contributed by atoms with van der Waals surface area (Å²) in [6.07, 6.45) is 7.46. The lowest BCUT2D eigenvalue weighted by Gasteiger charge is -2.34. The van der Waals surface area contributed by atoms with Crippen molar-refractivity contribution >= 4 is 11.7 Å². The Morgan fingerprint density at radius 1 is 0.972 bits per heavy atom. The third kappa shape index (κ3) is 5.74. The van der Waals surface area contributed by atoms with Crippen LogP contribution in [0.1, 0.15) is 34.3 Å². The Kier molecular flexibility index (Phi) is 7.58. The number of pyridine rings is 2. The first-order chi connectivity index (χ1) is 17.6. The van der Waals surface area contributed by atoms with Crippen LogP contribution in [0.4, 0.5) is 5.82 Å². The summed E-state index contributed by atoms with van der Waals surface area (Å²) in [4.78, 5) is 29.3. The molecule has 7 nitrogen and oxygen atoms in total. The van der Waals surface area contributed by atoms with Crippen LogP contribution >= 0.6 is 0 Å². The fourth-order valence-corrected chi connectivity index (χ4v) is 5.19. The second-order valence-corrected chi connectivity index (χ2v) is 10.1. The number of likely N-dealkylation sites (N-methyl/N-ethyl adjacent to an activating group) is 1.